The minimum absolute atomic E-state index is 0. The highest BCUT2D eigenvalue weighted by Gasteiger charge is 2.11. The SMILES string of the molecule is CCNC(=NCCCCn1c(C)cccc1=O)NC1CC=CC1.I. The smallest absolute Gasteiger partial charge is 0.250 e. The van der Waals surface area contributed by atoms with Gasteiger partial charge in [-0.25, -0.2) is 0 Å². The van der Waals surface area contributed by atoms with Gasteiger partial charge in [0.1, 0.15) is 0 Å². The van der Waals surface area contributed by atoms with Gasteiger partial charge in [0, 0.05) is 37.4 Å². The monoisotopic (exact) mass is 444 g/mol. The van der Waals surface area contributed by atoms with Crippen molar-refractivity contribution in [3.05, 3.63) is 46.4 Å². The highest BCUT2D eigenvalue weighted by atomic mass is 127. The number of hydrogen-bond donors (Lipinski definition) is 2. The standard InChI is InChI=1S/C18H28N4O.HI/c1-3-19-18(21-16-10-4-5-11-16)20-13-6-7-14-22-15(2)9-8-12-17(22)23;/h4-5,8-9,12,16H,3,6-7,10-11,13-14H2,1-2H3,(H2,19,20,21);1H. The Morgan fingerprint density at radius 3 is 2.71 bits per heavy atom. The molecule has 0 aromatic carbocycles. The molecule has 0 bridgehead atoms. The Morgan fingerprint density at radius 2 is 2.04 bits per heavy atom. The molecule has 2 rings (SSSR count). The number of aromatic nitrogens is 1. The molecule has 0 unspecified atom stereocenters. The number of halogens is 1. The lowest BCUT2D eigenvalue weighted by Gasteiger charge is -2.16. The predicted molar refractivity (Wildman–Crippen MR) is 111 cm³/mol. The number of aryl methyl sites for hydroxylation is 1. The van der Waals surface area contributed by atoms with Gasteiger partial charge < -0.3 is 15.2 Å². The molecule has 1 aromatic rings. The molecule has 0 spiro atoms. The Kier molecular flexibility index (Phi) is 9.75. The molecule has 1 aromatic heterocycles. The number of nitrogens with one attached hydrogen (secondary N) is 2. The van der Waals surface area contributed by atoms with Crippen LogP contribution in [0.4, 0.5) is 0 Å². The molecule has 2 N–H and O–H groups in total. The Hall–Kier alpha value is -1.31. The average Bonchev–Trinajstić information content (AvgIpc) is 3.02. The van der Waals surface area contributed by atoms with Crippen molar-refractivity contribution in [3.8, 4) is 0 Å². The predicted octanol–water partition coefficient (Wildman–Crippen LogP) is 2.83. The summed E-state index contributed by atoms with van der Waals surface area (Å²) >= 11 is 0. The molecule has 0 radical (unpaired) electrons. The maximum atomic E-state index is 11.8. The summed E-state index contributed by atoms with van der Waals surface area (Å²) < 4.78 is 1.83. The van der Waals surface area contributed by atoms with E-state index in [4.69, 9.17) is 0 Å². The summed E-state index contributed by atoms with van der Waals surface area (Å²) in [6.07, 6.45) is 8.49. The zero-order valence-electron chi connectivity index (χ0n) is 14.6. The van der Waals surface area contributed by atoms with Crippen LogP contribution in [0.2, 0.25) is 0 Å². The van der Waals surface area contributed by atoms with Gasteiger partial charge in [0.05, 0.1) is 0 Å². The van der Waals surface area contributed by atoms with Crippen LogP contribution in [0.3, 0.4) is 0 Å². The van der Waals surface area contributed by atoms with Crippen LogP contribution in [0.1, 0.15) is 38.3 Å². The van der Waals surface area contributed by atoms with Crippen molar-refractivity contribution in [1.82, 2.24) is 15.2 Å². The molecule has 1 aliphatic carbocycles. The van der Waals surface area contributed by atoms with Crippen LogP contribution in [0.25, 0.3) is 0 Å². The molecule has 6 heteroatoms. The Morgan fingerprint density at radius 1 is 1.29 bits per heavy atom. The quantitative estimate of drug-likeness (QED) is 0.224. The second kappa shape index (κ2) is 11.3. The van der Waals surface area contributed by atoms with Gasteiger partial charge >= 0.3 is 0 Å². The van der Waals surface area contributed by atoms with E-state index in [9.17, 15) is 4.79 Å². The van der Waals surface area contributed by atoms with E-state index in [0.29, 0.717) is 6.04 Å². The fraction of sp³-hybridized carbons (Fsp3) is 0.556. The van der Waals surface area contributed by atoms with Crippen molar-refractivity contribution < 1.29 is 0 Å². The molecule has 0 fully saturated rings. The molecule has 0 saturated carbocycles. The zero-order valence-corrected chi connectivity index (χ0v) is 17.0. The first-order valence-electron chi connectivity index (χ1n) is 8.57. The van der Waals surface area contributed by atoms with Crippen LogP contribution in [-0.2, 0) is 6.54 Å². The van der Waals surface area contributed by atoms with Gasteiger partial charge in [-0.1, -0.05) is 18.2 Å². The summed E-state index contributed by atoms with van der Waals surface area (Å²) in [4.78, 5) is 16.4. The molecule has 1 aliphatic rings. The fourth-order valence-corrected chi connectivity index (χ4v) is 2.73. The van der Waals surface area contributed by atoms with E-state index in [1.807, 2.05) is 23.6 Å². The van der Waals surface area contributed by atoms with Crippen LogP contribution in [0.15, 0.2) is 40.1 Å². The molecular formula is C18H29IN4O. The Balaban J connectivity index is 0.00000288. The van der Waals surface area contributed by atoms with Crippen molar-refractivity contribution in [1.29, 1.82) is 0 Å². The van der Waals surface area contributed by atoms with Crippen LogP contribution in [0.5, 0.6) is 0 Å². The lowest BCUT2D eigenvalue weighted by atomic mass is 10.2. The summed E-state index contributed by atoms with van der Waals surface area (Å²) in [5, 5.41) is 6.76. The van der Waals surface area contributed by atoms with E-state index in [1.165, 1.54) is 0 Å². The highest BCUT2D eigenvalue weighted by Crippen LogP contribution is 2.08. The van der Waals surface area contributed by atoms with E-state index in [0.717, 1.165) is 57.0 Å². The molecule has 5 nitrogen and oxygen atoms in total. The molecule has 0 amide bonds. The molecule has 0 saturated heterocycles. The highest BCUT2D eigenvalue weighted by molar-refractivity contribution is 14.0. The first-order valence-corrected chi connectivity index (χ1v) is 8.57. The largest absolute Gasteiger partial charge is 0.357 e. The van der Waals surface area contributed by atoms with Crippen LogP contribution < -0.4 is 16.2 Å². The lowest BCUT2D eigenvalue weighted by molar-refractivity contribution is 0.583. The van der Waals surface area contributed by atoms with Crippen molar-refractivity contribution >= 4 is 29.9 Å². The summed E-state index contributed by atoms with van der Waals surface area (Å²) in [5.74, 6) is 0.897. The Bertz CT molecular complexity index is 601. The molecule has 24 heavy (non-hydrogen) atoms. The summed E-state index contributed by atoms with van der Waals surface area (Å²) in [6.45, 7) is 6.45. The number of rotatable bonds is 7. The number of pyridine rings is 1. The van der Waals surface area contributed by atoms with Gasteiger partial charge in [0.2, 0.25) is 0 Å². The van der Waals surface area contributed by atoms with Gasteiger partial charge in [0.25, 0.3) is 5.56 Å². The van der Waals surface area contributed by atoms with Gasteiger partial charge in [0.15, 0.2) is 5.96 Å². The second-order valence-electron chi connectivity index (χ2n) is 5.91. The van der Waals surface area contributed by atoms with E-state index in [2.05, 4.69) is 34.7 Å². The normalized spacial score (nSPS) is 14.5. The van der Waals surface area contributed by atoms with Crippen LogP contribution >= 0.6 is 24.0 Å². The van der Waals surface area contributed by atoms with E-state index in [1.54, 1.807) is 6.07 Å². The number of unbranched alkanes of at least 4 members (excludes halogenated alkanes) is 1. The minimum Gasteiger partial charge on any atom is -0.357 e. The average molecular weight is 444 g/mol. The third-order valence-corrected chi connectivity index (χ3v) is 4.02. The summed E-state index contributed by atoms with van der Waals surface area (Å²) in [5.41, 5.74) is 1.10. The van der Waals surface area contributed by atoms with Crippen molar-refractivity contribution in [2.45, 2.75) is 52.1 Å². The molecular weight excluding hydrogens is 415 g/mol. The lowest BCUT2D eigenvalue weighted by Crippen LogP contribution is -2.42. The maximum Gasteiger partial charge on any atom is 0.250 e. The van der Waals surface area contributed by atoms with E-state index >= 15 is 0 Å². The third kappa shape index (κ3) is 6.67. The van der Waals surface area contributed by atoms with Crippen molar-refractivity contribution in [2.24, 2.45) is 4.99 Å². The first kappa shape index (κ1) is 20.7. The van der Waals surface area contributed by atoms with Crippen molar-refractivity contribution in [3.63, 3.8) is 0 Å². The third-order valence-electron chi connectivity index (χ3n) is 4.02. The number of aliphatic imine (C=N–C) groups is 1. The summed E-state index contributed by atoms with van der Waals surface area (Å²) in [7, 11) is 0. The van der Waals surface area contributed by atoms with Crippen molar-refractivity contribution in [2.75, 3.05) is 13.1 Å². The van der Waals surface area contributed by atoms with E-state index < -0.39 is 0 Å². The maximum absolute atomic E-state index is 11.8. The molecule has 0 atom stereocenters. The number of guanidine groups is 1. The van der Waals surface area contributed by atoms with Gasteiger partial charge in [-0.05, 0) is 45.6 Å². The molecule has 0 aliphatic heterocycles. The van der Waals surface area contributed by atoms with Gasteiger partial charge in [-0.15, -0.1) is 24.0 Å². The van der Waals surface area contributed by atoms with Crippen LogP contribution in [-0.4, -0.2) is 29.7 Å². The van der Waals surface area contributed by atoms with Gasteiger partial charge in [-0.3, -0.25) is 9.79 Å². The fourth-order valence-electron chi connectivity index (χ4n) is 2.73. The van der Waals surface area contributed by atoms with E-state index in [-0.39, 0.29) is 29.5 Å². The Labute approximate surface area is 161 Å². The second-order valence-corrected chi connectivity index (χ2v) is 5.91. The number of hydrogen-bond acceptors (Lipinski definition) is 2. The minimum atomic E-state index is 0. The molecule has 134 valence electrons. The molecule has 1 heterocycles. The zero-order chi connectivity index (χ0) is 16.5. The first-order chi connectivity index (χ1) is 11.2. The van der Waals surface area contributed by atoms with Gasteiger partial charge in [-0.2, -0.15) is 0 Å². The van der Waals surface area contributed by atoms with Crippen LogP contribution in [0, 0.1) is 6.92 Å². The number of nitrogens with zero attached hydrogens (tertiary/aromatic N) is 2. The topological polar surface area (TPSA) is 58.4 Å². The summed E-state index contributed by atoms with van der Waals surface area (Å²) in [6, 6.07) is 5.87.